The van der Waals surface area contributed by atoms with Gasteiger partial charge in [-0.2, -0.15) is 0 Å². The molecule has 0 saturated carbocycles. The third-order valence-electron chi connectivity index (χ3n) is 5.14. The summed E-state index contributed by atoms with van der Waals surface area (Å²) in [7, 11) is -4.38. The zero-order valence-corrected chi connectivity index (χ0v) is 25.8. The molecule has 0 fully saturated rings. The van der Waals surface area contributed by atoms with E-state index in [2.05, 4.69) is 44.6 Å². The van der Waals surface area contributed by atoms with Crippen LogP contribution in [0, 0.1) is 0 Å². The fourth-order valence-electron chi connectivity index (χ4n) is 3.08. The summed E-state index contributed by atoms with van der Waals surface area (Å²) in [5, 5.41) is 4.06. The maximum atomic E-state index is 13.8. The molecule has 1 aromatic carbocycles. The lowest BCUT2D eigenvalue weighted by Crippen LogP contribution is -2.35. The molecule has 17 heteroatoms. The molecule has 0 saturated heterocycles. The second-order valence-electron chi connectivity index (χ2n) is 9.20. The molecule has 0 amide bonds. The van der Waals surface area contributed by atoms with Gasteiger partial charge >= 0.3 is 0 Å². The van der Waals surface area contributed by atoms with E-state index >= 15 is 0 Å². The number of benzene rings is 1. The van der Waals surface area contributed by atoms with Gasteiger partial charge in [0.2, 0.25) is 11.7 Å². The van der Waals surface area contributed by atoms with Gasteiger partial charge in [0.15, 0.2) is 0 Å². The minimum atomic E-state index is -4.29. The Labute approximate surface area is 241 Å². The summed E-state index contributed by atoms with van der Waals surface area (Å²) >= 11 is 13.6. The van der Waals surface area contributed by atoms with E-state index in [0.29, 0.717) is 11.6 Å². The summed E-state index contributed by atoms with van der Waals surface area (Å²) in [5.74, 6) is 0.335. The normalized spacial score (nSPS) is 12.6. The largest absolute Gasteiger partial charge is 0.478 e. The van der Waals surface area contributed by atoms with Crippen molar-refractivity contribution in [2.24, 2.45) is 5.11 Å². The Morgan fingerprint density at radius 1 is 1.28 bits per heavy atom. The smallest absolute Gasteiger partial charge is 0.269 e. The van der Waals surface area contributed by atoms with Gasteiger partial charge in [-0.3, -0.25) is 0 Å². The highest BCUT2D eigenvalue weighted by Gasteiger charge is 2.32. The van der Waals surface area contributed by atoms with Crippen LogP contribution in [0.1, 0.15) is 11.9 Å². The molecule has 3 rings (SSSR count). The molecule has 0 aliphatic rings. The molecule has 1 atom stereocenters. The minimum absolute atomic E-state index is 0.0630. The molecule has 2 heterocycles. The molecule has 210 valence electrons. The number of aromatic nitrogens is 3. The van der Waals surface area contributed by atoms with Crippen LogP contribution in [0.2, 0.25) is 35.7 Å². The Kier molecular flexibility index (Phi) is 10.9. The lowest BCUT2D eigenvalue weighted by Gasteiger charge is -2.25. The Balaban J connectivity index is 1.94. The minimum Gasteiger partial charge on any atom is -0.478 e. The molecule has 2 aromatic heterocycles. The predicted molar refractivity (Wildman–Crippen MR) is 153 cm³/mol. The molecule has 3 aromatic rings. The Bertz CT molecular complexity index is 1420. The first-order valence-electron chi connectivity index (χ1n) is 11.5. The van der Waals surface area contributed by atoms with Crippen molar-refractivity contribution in [2.45, 2.75) is 41.6 Å². The zero-order chi connectivity index (χ0) is 28.6. The number of sulfonamides is 1. The molecule has 0 spiro atoms. The van der Waals surface area contributed by atoms with Crippen molar-refractivity contribution in [3.8, 4) is 5.88 Å². The van der Waals surface area contributed by atoms with E-state index in [1.54, 1.807) is 0 Å². The number of anilines is 1. The van der Waals surface area contributed by atoms with E-state index in [0.717, 1.165) is 10.3 Å². The summed E-state index contributed by atoms with van der Waals surface area (Å²) < 4.78 is 45.0. The fourth-order valence-corrected chi connectivity index (χ4v) is 6.69. The molecule has 0 bridgehead atoms. The monoisotopic (exact) mass is 631 g/mol. The number of oxazole rings is 1. The third kappa shape index (κ3) is 8.24. The van der Waals surface area contributed by atoms with E-state index in [9.17, 15) is 8.42 Å². The van der Waals surface area contributed by atoms with Crippen LogP contribution in [-0.2, 0) is 14.8 Å². The van der Waals surface area contributed by atoms with Gasteiger partial charge < -0.3 is 13.9 Å². The van der Waals surface area contributed by atoms with Gasteiger partial charge in [0, 0.05) is 25.3 Å². The number of halogens is 2. The topological polar surface area (TPSA) is 156 Å². The zero-order valence-electron chi connectivity index (χ0n) is 21.6. The van der Waals surface area contributed by atoms with Crippen molar-refractivity contribution in [1.82, 2.24) is 15.0 Å². The molecule has 0 N–H and O–H groups in total. The van der Waals surface area contributed by atoms with E-state index in [1.165, 1.54) is 55.7 Å². The van der Waals surface area contributed by atoms with E-state index in [-0.39, 0.29) is 45.0 Å². The summed E-state index contributed by atoms with van der Waals surface area (Å²) in [6.07, 6.45) is 4.21. The molecule has 39 heavy (non-hydrogen) atoms. The fraction of sp³-hybridized carbons (Fsp3) is 0.409. The van der Waals surface area contributed by atoms with Gasteiger partial charge in [0.1, 0.15) is 29.0 Å². The highest BCUT2D eigenvalue weighted by molar-refractivity contribution is 7.99. The van der Waals surface area contributed by atoms with Crippen molar-refractivity contribution in [3.63, 3.8) is 0 Å². The third-order valence-corrected chi connectivity index (χ3v) is 10.5. The van der Waals surface area contributed by atoms with Crippen molar-refractivity contribution >= 4 is 58.9 Å². The first kappa shape index (κ1) is 31.0. The van der Waals surface area contributed by atoms with Crippen LogP contribution < -0.4 is 9.04 Å². The number of ether oxygens (including phenoxy) is 2. The molecule has 1 unspecified atom stereocenters. The van der Waals surface area contributed by atoms with Crippen molar-refractivity contribution in [1.29, 1.82) is 0 Å². The van der Waals surface area contributed by atoms with Crippen molar-refractivity contribution in [3.05, 3.63) is 63.2 Å². The SMILES string of the molecule is COc1nc(SCC(N=[N+]=[N-])c2ncco2)cnc1N(COCC[Si](C)(C)C)S(=O)(=O)c1cccc(Cl)c1Cl. The molecule has 0 aliphatic heterocycles. The Morgan fingerprint density at radius 3 is 2.69 bits per heavy atom. The highest BCUT2D eigenvalue weighted by Crippen LogP contribution is 2.36. The summed E-state index contributed by atoms with van der Waals surface area (Å²) in [6, 6.07) is 4.47. The average Bonchev–Trinajstić information content (AvgIpc) is 3.42. The van der Waals surface area contributed by atoms with Crippen molar-refractivity contribution < 1.29 is 22.3 Å². The average molecular weight is 633 g/mol. The number of methoxy groups -OCH3 is 1. The second kappa shape index (κ2) is 13.7. The second-order valence-corrected chi connectivity index (χ2v) is 18.5. The van der Waals surface area contributed by atoms with Gasteiger partial charge in [0.25, 0.3) is 15.9 Å². The number of hydrogen-bond acceptors (Lipinski definition) is 10. The van der Waals surface area contributed by atoms with Gasteiger partial charge in [-0.05, 0) is 23.7 Å². The Hall–Kier alpha value is -2.52. The molecular formula is C22H27Cl2N7O5S2Si. The van der Waals surface area contributed by atoms with E-state index in [4.69, 9.17) is 42.6 Å². The number of azide groups is 1. The standard InChI is InChI=1S/C22H27Cl2N7O5S2Si/c1-34-22-20(27-12-18(28-22)37-13-16(29-30-25)21-26-8-9-36-21)31(14-35-10-11-39(2,3)4)38(32,33)17-7-5-6-15(23)19(17)24/h5-9,12,16H,10-11,13-14H2,1-4H3. The summed E-state index contributed by atoms with van der Waals surface area (Å²) in [5.41, 5.74) is 8.89. The molecular weight excluding hydrogens is 605 g/mol. The quantitative estimate of drug-likeness (QED) is 0.0371. The number of thioether (sulfide) groups is 1. The predicted octanol–water partition coefficient (Wildman–Crippen LogP) is 6.43. The molecule has 0 aliphatic carbocycles. The van der Waals surface area contributed by atoms with Gasteiger partial charge in [-0.1, -0.05) is 54.0 Å². The number of hydrogen-bond donors (Lipinski definition) is 0. The van der Waals surface area contributed by atoms with Crippen LogP contribution in [0.4, 0.5) is 5.82 Å². The molecule has 12 nitrogen and oxygen atoms in total. The Morgan fingerprint density at radius 2 is 2.05 bits per heavy atom. The maximum Gasteiger partial charge on any atom is 0.269 e. The van der Waals surface area contributed by atoms with Crippen LogP contribution in [0.15, 0.2) is 56.3 Å². The number of nitrogens with zero attached hydrogens (tertiary/aromatic N) is 7. The van der Waals surface area contributed by atoms with Crippen molar-refractivity contribution in [2.75, 3.05) is 30.5 Å². The van der Waals surface area contributed by atoms with Gasteiger partial charge in [0.05, 0.1) is 29.5 Å². The number of rotatable bonds is 14. The van der Waals surface area contributed by atoms with E-state index in [1.807, 2.05) is 0 Å². The van der Waals surface area contributed by atoms with E-state index < -0.39 is 24.1 Å². The lowest BCUT2D eigenvalue weighted by atomic mass is 10.4. The first-order valence-corrected chi connectivity index (χ1v) is 18.4. The summed E-state index contributed by atoms with van der Waals surface area (Å²) in [6.45, 7) is 6.58. The van der Waals surface area contributed by atoms with Crippen LogP contribution in [0.25, 0.3) is 10.4 Å². The van der Waals surface area contributed by atoms with Crippen LogP contribution >= 0.6 is 35.0 Å². The highest BCUT2D eigenvalue weighted by atomic mass is 35.5. The first-order chi connectivity index (χ1) is 18.5. The van der Waals surface area contributed by atoms with Gasteiger partial charge in [-0.15, -0.1) is 11.8 Å². The lowest BCUT2D eigenvalue weighted by molar-refractivity contribution is 0.155. The van der Waals surface area contributed by atoms with Gasteiger partial charge in [-0.25, -0.2) is 27.7 Å². The summed E-state index contributed by atoms with van der Waals surface area (Å²) in [4.78, 5) is 15.4. The van der Waals surface area contributed by atoms with Crippen LogP contribution in [0.5, 0.6) is 5.88 Å². The maximum absolute atomic E-state index is 13.8. The molecule has 0 radical (unpaired) electrons. The van der Waals surface area contributed by atoms with Crippen LogP contribution in [-0.4, -0.2) is 57.6 Å². The van der Waals surface area contributed by atoms with Crippen LogP contribution in [0.3, 0.4) is 0 Å².